The lowest BCUT2D eigenvalue weighted by Gasteiger charge is -2.08. The first kappa shape index (κ1) is 12.8. The van der Waals surface area contributed by atoms with Crippen molar-refractivity contribution in [2.75, 3.05) is 0 Å². The molecule has 1 aromatic rings. The van der Waals surface area contributed by atoms with E-state index in [9.17, 15) is 4.79 Å². The van der Waals surface area contributed by atoms with Crippen LogP contribution < -0.4 is 0 Å². The summed E-state index contributed by atoms with van der Waals surface area (Å²) in [5.41, 5.74) is 0.856. The second kappa shape index (κ2) is 6.36. The number of hydrogen-bond donors (Lipinski definition) is 0. The van der Waals surface area contributed by atoms with Crippen molar-refractivity contribution in [3.63, 3.8) is 0 Å². The number of benzene rings is 1. The maximum atomic E-state index is 11.7. The molecule has 3 heteroatoms. The van der Waals surface area contributed by atoms with Crippen molar-refractivity contribution in [3.8, 4) is 0 Å². The van der Waals surface area contributed by atoms with Gasteiger partial charge in [0, 0.05) is 6.42 Å². The standard InChI is InChI=1S/C15H18O3/c1-2-3-4-8-11-13-17-14(15(16)18-13)12-9-6-5-7-10-12/h3-7,9-10,13-14H,2,8,11H2,1H3/b4-3-/t13-,14+/m1/s1. The van der Waals surface area contributed by atoms with Gasteiger partial charge in [-0.2, -0.15) is 0 Å². The second-order valence-corrected chi connectivity index (χ2v) is 4.25. The van der Waals surface area contributed by atoms with Gasteiger partial charge in [0.25, 0.3) is 0 Å². The largest absolute Gasteiger partial charge is 0.434 e. The Labute approximate surface area is 107 Å². The highest BCUT2D eigenvalue weighted by molar-refractivity contribution is 5.77. The van der Waals surface area contributed by atoms with Gasteiger partial charge < -0.3 is 9.47 Å². The van der Waals surface area contributed by atoms with Crippen molar-refractivity contribution in [1.29, 1.82) is 0 Å². The van der Waals surface area contributed by atoms with Crippen molar-refractivity contribution in [3.05, 3.63) is 48.0 Å². The molecule has 1 heterocycles. The lowest BCUT2D eigenvalue weighted by atomic mass is 10.1. The van der Waals surface area contributed by atoms with Gasteiger partial charge in [0.15, 0.2) is 6.10 Å². The molecule has 1 aliphatic rings. The highest BCUT2D eigenvalue weighted by atomic mass is 16.7. The Hall–Kier alpha value is -1.61. The van der Waals surface area contributed by atoms with E-state index in [4.69, 9.17) is 9.47 Å². The first-order chi connectivity index (χ1) is 8.81. The molecule has 2 rings (SSSR count). The summed E-state index contributed by atoms with van der Waals surface area (Å²) in [6.07, 6.45) is 5.82. The van der Waals surface area contributed by atoms with Crippen LogP contribution in [-0.4, -0.2) is 12.3 Å². The zero-order chi connectivity index (χ0) is 12.8. The van der Waals surface area contributed by atoms with Crippen molar-refractivity contribution in [2.24, 2.45) is 0 Å². The van der Waals surface area contributed by atoms with Crippen LogP contribution >= 0.6 is 0 Å². The summed E-state index contributed by atoms with van der Waals surface area (Å²) in [6.45, 7) is 2.09. The molecule has 2 atom stereocenters. The van der Waals surface area contributed by atoms with Gasteiger partial charge in [-0.05, 0) is 18.4 Å². The van der Waals surface area contributed by atoms with Crippen LogP contribution in [0.5, 0.6) is 0 Å². The van der Waals surface area contributed by atoms with Gasteiger partial charge in [-0.25, -0.2) is 4.79 Å². The molecular weight excluding hydrogens is 228 g/mol. The van der Waals surface area contributed by atoms with E-state index in [1.165, 1.54) is 0 Å². The van der Waals surface area contributed by atoms with Crippen LogP contribution in [0.3, 0.4) is 0 Å². The third kappa shape index (κ3) is 3.20. The van der Waals surface area contributed by atoms with Crippen LogP contribution in [-0.2, 0) is 14.3 Å². The quantitative estimate of drug-likeness (QED) is 0.590. The summed E-state index contributed by atoms with van der Waals surface area (Å²) < 4.78 is 10.8. The lowest BCUT2D eigenvalue weighted by Crippen LogP contribution is -2.07. The molecule has 0 spiro atoms. The maximum Gasteiger partial charge on any atom is 0.342 e. The van der Waals surface area contributed by atoms with Gasteiger partial charge in [0.05, 0.1) is 0 Å². The minimum absolute atomic E-state index is 0.286. The predicted molar refractivity (Wildman–Crippen MR) is 68.8 cm³/mol. The fourth-order valence-corrected chi connectivity index (χ4v) is 1.91. The van der Waals surface area contributed by atoms with Gasteiger partial charge in [-0.3, -0.25) is 0 Å². The van der Waals surface area contributed by atoms with Crippen LogP contribution in [0.15, 0.2) is 42.5 Å². The van der Waals surface area contributed by atoms with E-state index in [2.05, 4.69) is 19.1 Å². The molecule has 1 aliphatic heterocycles. The SMILES string of the molecule is CC/C=C\CC[C@H]1OC(=O)[C@H](c2ccccc2)O1. The summed E-state index contributed by atoms with van der Waals surface area (Å²) in [4.78, 5) is 11.7. The number of hydrogen-bond acceptors (Lipinski definition) is 3. The van der Waals surface area contributed by atoms with Crippen molar-refractivity contribution >= 4 is 5.97 Å². The highest BCUT2D eigenvalue weighted by Crippen LogP contribution is 2.29. The molecule has 3 nitrogen and oxygen atoms in total. The van der Waals surface area contributed by atoms with Crippen LogP contribution in [0.1, 0.15) is 37.9 Å². The topological polar surface area (TPSA) is 35.5 Å². The Kier molecular flexibility index (Phi) is 4.53. The molecule has 1 saturated heterocycles. The highest BCUT2D eigenvalue weighted by Gasteiger charge is 2.35. The Morgan fingerprint density at radius 2 is 2.00 bits per heavy atom. The molecule has 0 N–H and O–H groups in total. The fourth-order valence-electron chi connectivity index (χ4n) is 1.91. The number of rotatable bonds is 5. The Balaban J connectivity index is 1.89. The van der Waals surface area contributed by atoms with E-state index in [0.29, 0.717) is 6.42 Å². The first-order valence-electron chi connectivity index (χ1n) is 6.37. The molecule has 0 amide bonds. The summed E-state index contributed by atoms with van der Waals surface area (Å²) in [6, 6.07) is 9.46. The molecular formula is C15H18O3. The van der Waals surface area contributed by atoms with E-state index >= 15 is 0 Å². The zero-order valence-corrected chi connectivity index (χ0v) is 10.5. The lowest BCUT2D eigenvalue weighted by molar-refractivity contribution is -0.143. The molecule has 0 saturated carbocycles. The molecule has 0 bridgehead atoms. The Morgan fingerprint density at radius 3 is 2.72 bits per heavy atom. The first-order valence-corrected chi connectivity index (χ1v) is 6.37. The van der Waals surface area contributed by atoms with Gasteiger partial charge in [-0.1, -0.05) is 49.4 Å². The fraction of sp³-hybridized carbons (Fsp3) is 0.400. The van der Waals surface area contributed by atoms with Gasteiger partial charge >= 0.3 is 5.97 Å². The minimum atomic E-state index is -0.564. The van der Waals surface area contributed by atoms with E-state index in [0.717, 1.165) is 18.4 Å². The van der Waals surface area contributed by atoms with Crippen LogP contribution in [0, 0.1) is 0 Å². The van der Waals surface area contributed by atoms with Crippen molar-refractivity contribution < 1.29 is 14.3 Å². The van der Waals surface area contributed by atoms with Gasteiger partial charge in [0.1, 0.15) is 0 Å². The molecule has 1 fully saturated rings. The van der Waals surface area contributed by atoms with Crippen molar-refractivity contribution in [1.82, 2.24) is 0 Å². The molecule has 18 heavy (non-hydrogen) atoms. The normalized spacial score (nSPS) is 23.5. The minimum Gasteiger partial charge on any atom is -0.434 e. The van der Waals surface area contributed by atoms with E-state index in [1.54, 1.807) is 0 Å². The Bertz CT molecular complexity index is 411. The third-order valence-electron chi connectivity index (χ3n) is 2.82. The van der Waals surface area contributed by atoms with Crippen LogP contribution in [0.25, 0.3) is 0 Å². The second-order valence-electron chi connectivity index (χ2n) is 4.25. The predicted octanol–water partition coefficient (Wildman–Crippen LogP) is 3.37. The monoisotopic (exact) mass is 246 g/mol. The van der Waals surface area contributed by atoms with Gasteiger partial charge in [0.2, 0.25) is 6.29 Å². The average molecular weight is 246 g/mol. The number of ether oxygens (including phenoxy) is 2. The molecule has 1 aromatic carbocycles. The Morgan fingerprint density at radius 1 is 1.22 bits per heavy atom. The zero-order valence-electron chi connectivity index (χ0n) is 10.5. The number of esters is 1. The smallest absolute Gasteiger partial charge is 0.342 e. The molecule has 96 valence electrons. The summed E-state index contributed by atoms with van der Waals surface area (Å²) in [5.74, 6) is -0.286. The van der Waals surface area contributed by atoms with E-state index in [-0.39, 0.29) is 5.97 Å². The van der Waals surface area contributed by atoms with E-state index in [1.807, 2.05) is 30.3 Å². The summed E-state index contributed by atoms with van der Waals surface area (Å²) in [7, 11) is 0. The third-order valence-corrected chi connectivity index (χ3v) is 2.82. The van der Waals surface area contributed by atoms with Crippen LogP contribution in [0.4, 0.5) is 0 Å². The number of cyclic esters (lactones) is 1. The molecule has 0 aromatic heterocycles. The molecule has 0 radical (unpaired) electrons. The van der Waals surface area contributed by atoms with Crippen molar-refractivity contribution in [2.45, 2.75) is 38.6 Å². The maximum absolute atomic E-state index is 11.7. The molecule has 0 unspecified atom stereocenters. The molecule has 0 aliphatic carbocycles. The summed E-state index contributed by atoms with van der Waals surface area (Å²) in [5, 5.41) is 0. The van der Waals surface area contributed by atoms with Gasteiger partial charge in [-0.15, -0.1) is 0 Å². The summed E-state index contributed by atoms with van der Waals surface area (Å²) >= 11 is 0. The number of carbonyl (C=O) groups excluding carboxylic acids is 1. The number of carbonyl (C=O) groups is 1. The van der Waals surface area contributed by atoms with Crippen LogP contribution in [0.2, 0.25) is 0 Å². The number of allylic oxidation sites excluding steroid dienone is 2. The average Bonchev–Trinajstić information content (AvgIpc) is 2.77. The van der Waals surface area contributed by atoms with E-state index < -0.39 is 12.4 Å².